The van der Waals surface area contributed by atoms with Crippen molar-refractivity contribution in [1.29, 1.82) is 0 Å². The van der Waals surface area contributed by atoms with Gasteiger partial charge in [-0.25, -0.2) is 13.8 Å². The number of thiophene rings is 1. The molecule has 0 spiro atoms. The van der Waals surface area contributed by atoms with E-state index >= 15 is 0 Å². The first-order valence-electron chi connectivity index (χ1n) is 16.8. The summed E-state index contributed by atoms with van der Waals surface area (Å²) in [6.45, 7) is 4.70. The maximum absolute atomic E-state index is 14.6. The number of pyridine rings is 2. The standard InChI is InChI=1S/C38H33F3N6O3S/c1-4-15-47-18-28-31(38(47)48)32(30(37-46-45-19(2)50-37)27(43-28)11-7-20-5-8-22(39)9-6-20)29-16-21-13-14-42-36(35(21)51-29)44-26-12-10-23-24(26)17-25(40)33(41)34(23)49-3/h5-6,8-9,13-14,16-17,26H,4,7,10-12,15,18H2,1-3H3,(H,42,44). The van der Waals surface area contributed by atoms with Gasteiger partial charge in [0.1, 0.15) is 11.6 Å². The lowest BCUT2D eigenvalue weighted by molar-refractivity contribution is 0.0778. The minimum atomic E-state index is -0.985. The second-order valence-electron chi connectivity index (χ2n) is 12.8. The maximum Gasteiger partial charge on any atom is 0.256 e. The zero-order valence-electron chi connectivity index (χ0n) is 28.1. The van der Waals surface area contributed by atoms with Crippen molar-refractivity contribution in [2.75, 3.05) is 19.0 Å². The first kappa shape index (κ1) is 32.9. The van der Waals surface area contributed by atoms with Crippen LogP contribution in [0.2, 0.25) is 0 Å². The van der Waals surface area contributed by atoms with E-state index in [9.17, 15) is 18.0 Å². The lowest BCUT2D eigenvalue weighted by Gasteiger charge is -2.16. The van der Waals surface area contributed by atoms with Gasteiger partial charge in [0.2, 0.25) is 17.6 Å². The third-order valence-electron chi connectivity index (χ3n) is 9.55. The molecule has 9 nitrogen and oxygen atoms in total. The monoisotopic (exact) mass is 710 g/mol. The van der Waals surface area contributed by atoms with Crippen LogP contribution in [0.5, 0.6) is 5.75 Å². The molecule has 0 fully saturated rings. The van der Waals surface area contributed by atoms with Gasteiger partial charge in [-0.1, -0.05) is 19.1 Å². The molecule has 1 N–H and O–H groups in total. The Bertz CT molecular complexity index is 2320. The predicted molar refractivity (Wildman–Crippen MR) is 187 cm³/mol. The van der Waals surface area contributed by atoms with Crippen molar-refractivity contribution in [1.82, 2.24) is 25.1 Å². The summed E-state index contributed by atoms with van der Waals surface area (Å²) >= 11 is 1.46. The highest BCUT2D eigenvalue weighted by atomic mass is 32.1. The summed E-state index contributed by atoms with van der Waals surface area (Å²) in [6, 6.07) is 11.2. The molecule has 260 valence electrons. The molecule has 0 saturated carbocycles. The van der Waals surface area contributed by atoms with Crippen LogP contribution in [0.1, 0.15) is 70.1 Å². The van der Waals surface area contributed by atoms with E-state index in [2.05, 4.69) is 20.5 Å². The Morgan fingerprint density at radius 2 is 1.88 bits per heavy atom. The Morgan fingerprint density at radius 1 is 1.06 bits per heavy atom. The summed E-state index contributed by atoms with van der Waals surface area (Å²) < 4.78 is 54.9. The van der Waals surface area contributed by atoms with Gasteiger partial charge in [-0.3, -0.25) is 9.78 Å². The number of benzene rings is 2. The highest BCUT2D eigenvalue weighted by molar-refractivity contribution is 7.23. The van der Waals surface area contributed by atoms with Crippen LogP contribution in [-0.4, -0.2) is 44.6 Å². The molecule has 2 aromatic carbocycles. The summed E-state index contributed by atoms with van der Waals surface area (Å²) in [5.41, 5.74) is 5.35. The number of rotatable bonds is 10. The molecule has 1 amide bonds. The van der Waals surface area contributed by atoms with Crippen molar-refractivity contribution in [3.63, 3.8) is 0 Å². The number of aromatic nitrogens is 4. The van der Waals surface area contributed by atoms with E-state index in [1.807, 2.05) is 24.0 Å². The van der Waals surface area contributed by atoms with Crippen LogP contribution in [0.15, 0.2) is 53.1 Å². The summed E-state index contributed by atoms with van der Waals surface area (Å²) in [5, 5.41) is 12.9. The number of nitrogens with zero attached hydrogens (tertiary/aromatic N) is 5. The normalized spacial score (nSPS) is 15.1. The number of anilines is 1. The third kappa shape index (κ3) is 5.78. The van der Waals surface area contributed by atoms with Gasteiger partial charge in [0.05, 0.1) is 46.9 Å². The van der Waals surface area contributed by atoms with E-state index in [1.54, 1.807) is 25.3 Å². The molecule has 51 heavy (non-hydrogen) atoms. The van der Waals surface area contributed by atoms with E-state index in [-0.39, 0.29) is 29.4 Å². The maximum atomic E-state index is 14.6. The van der Waals surface area contributed by atoms with Gasteiger partial charge in [-0.15, -0.1) is 21.5 Å². The number of ether oxygens (including phenoxy) is 1. The smallest absolute Gasteiger partial charge is 0.256 e. The highest BCUT2D eigenvalue weighted by Gasteiger charge is 2.37. The first-order chi connectivity index (χ1) is 24.7. The molecule has 1 atom stereocenters. The lowest BCUT2D eigenvalue weighted by atomic mass is 9.94. The molecule has 1 aliphatic heterocycles. The van der Waals surface area contributed by atoms with E-state index in [1.165, 1.54) is 36.6 Å². The molecule has 2 aliphatic rings. The van der Waals surface area contributed by atoms with Crippen molar-refractivity contribution < 1.29 is 27.1 Å². The van der Waals surface area contributed by atoms with Gasteiger partial charge in [-0.05, 0) is 78.9 Å². The summed E-state index contributed by atoms with van der Waals surface area (Å²) in [4.78, 5) is 26.5. The van der Waals surface area contributed by atoms with Crippen LogP contribution < -0.4 is 10.1 Å². The van der Waals surface area contributed by atoms with Gasteiger partial charge < -0.3 is 19.4 Å². The van der Waals surface area contributed by atoms with Gasteiger partial charge in [0.25, 0.3) is 5.91 Å². The molecule has 1 unspecified atom stereocenters. The zero-order valence-corrected chi connectivity index (χ0v) is 29.0. The largest absolute Gasteiger partial charge is 0.493 e. The fourth-order valence-corrected chi connectivity index (χ4v) is 8.42. The zero-order chi connectivity index (χ0) is 35.4. The number of hydrogen-bond donors (Lipinski definition) is 1. The van der Waals surface area contributed by atoms with Gasteiger partial charge in [0, 0.05) is 35.7 Å². The van der Waals surface area contributed by atoms with Crippen molar-refractivity contribution in [3.8, 4) is 27.6 Å². The Hall–Kier alpha value is -5.30. The Labute approximate surface area is 295 Å². The minimum Gasteiger partial charge on any atom is -0.493 e. The number of halogens is 3. The van der Waals surface area contributed by atoms with Crippen LogP contribution in [-0.2, 0) is 25.8 Å². The molecule has 8 rings (SSSR count). The molecule has 13 heteroatoms. The van der Waals surface area contributed by atoms with Crippen LogP contribution in [0.4, 0.5) is 19.0 Å². The van der Waals surface area contributed by atoms with Crippen LogP contribution in [0.3, 0.4) is 0 Å². The van der Waals surface area contributed by atoms with E-state index < -0.39 is 11.6 Å². The van der Waals surface area contributed by atoms with Gasteiger partial charge >= 0.3 is 0 Å². The number of nitrogens with one attached hydrogen (secondary N) is 1. The van der Waals surface area contributed by atoms with Crippen LogP contribution >= 0.6 is 11.3 Å². The van der Waals surface area contributed by atoms with E-state index in [0.717, 1.165) is 26.9 Å². The second-order valence-corrected chi connectivity index (χ2v) is 13.9. The molecule has 0 saturated heterocycles. The van der Waals surface area contributed by atoms with Crippen molar-refractivity contribution >= 4 is 33.1 Å². The number of hydrogen-bond acceptors (Lipinski definition) is 9. The second kappa shape index (κ2) is 13.1. The summed E-state index contributed by atoms with van der Waals surface area (Å²) in [5.74, 6) is -1.22. The van der Waals surface area contributed by atoms with Gasteiger partial charge in [-0.2, -0.15) is 4.39 Å². The number of carbonyl (C=O) groups excluding carboxylic acids is 1. The van der Waals surface area contributed by atoms with Gasteiger partial charge in [0.15, 0.2) is 11.6 Å². The number of methoxy groups -OCH3 is 1. The fourth-order valence-electron chi connectivity index (χ4n) is 7.25. The summed E-state index contributed by atoms with van der Waals surface area (Å²) in [6.07, 6.45) is 4.66. The van der Waals surface area contributed by atoms with Crippen molar-refractivity contribution in [2.45, 2.75) is 58.5 Å². The number of aryl methyl sites for hydroxylation is 3. The topological polar surface area (TPSA) is 106 Å². The average Bonchev–Trinajstić information content (AvgIpc) is 3.91. The van der Waals surface area contributed by atoms with Crippen LogP contribution in [0, 0.1) is 24.4 Å². The average molecular weight is 711 g/mol. The highest BCUT2D eigenvalue weighted by Crippen LogP contribution is 2.47. The third-order valence-corrected chi connectivity index (χ3v) is 10.7. The fraction of sp³-hybridized carbons (Fsp3) is 0.289. The SMILES string of the molecule is CCCN1Cc2nc(CCc3ccc(F)cc3)c(-c3nnc(C)o3)c(-c3cc4ccnc(NC5CCc6c5cc(F)c(F)c6OC)c4s3)c2C1=O. The number of amides is 1. The molecule has 6 aromatic rings. The Balaban J connectivity index is 1.27. The molecular weight excluding hydrogens is 678 g/mol. The Morgan fingerprint density at radius 3 is 2.63 bits per heavy atom. The number of carbonyl (C=O) groups is 1. The molecule has 0 bridgehead atoms. The first-order valence-corrected chi connectivity index (χ1v) is 17.7. The quantitative estimate of drug-likeness (QED) is 0.151. The summed E-state index contributed by atoms with van der Waals surface area (Å²) in [7, 11) is 1.34. The molecule has 4 aromatic heterocycles. The van der Waals surface area contributed by atoms with Crippen LogP contribution in [0.25, 0.3) is 32.0 Å². The van der Waals surface area contributed by atoms with Crippen molar-refractivity contribution in [2.24, 2.45) is 0 Å². The minimum absolute atomic E-state index is 0.0637. The molecule has 0 radical (unpaired) electrons. The Kier molecular flexibility index (Phi) is 8.45. The molecule has 5 heterocycles. The van der Waals surface area contributed by atoms with Crippen molar-refractivity contribution in [3.05, 3.63) is 106 Å². The lowest BCUT2D eigenvalue weighted by Crippen LogP contribution is -2.24. The van der Waals surface area contributed by atoms with E-state index in [0.29, 0.717) is 89.7 Å². The van der Waals surface area contributed by atoms with E-state index in [4.69, 9.17) is 14.1 Å². The molecule has 1 aliphatic carbocycles. The predicted octanol–water partition coefficient (Wildman–Crippen LogP) is 8.39. The molecular formula is C38H33F3N6O3S. The number of fused-ring (bicyclic) bond motifs is 3.